The molecule has 3 heterocycles. The van der Waals surface area contributed by atoms with Gasteiger partial charge in [-0.25, -0.2) is 9.97 Å². The molecule has 204 valence electrons. The fraction of sp³-hybridized carbons (Fsp3) is 0. The predicted molar refractivity (Wildman–Crippen MR) is 187 cm³/mol. The number of aromatic nitrogens is 3. The molecule has 10 rings (SSSR count). The van der Waals surface area contributed by atoms with Crippen molar-refractivity contribution < 1.29 is 0 Å². The summed E-state index contributed by atoms with van der Waals surface area (Å²) >= 11 is 1.91. The average molecular weight is 578 g/mol. The van der Waals surface area contributed by atoms with Crippen molar-refractivity contribution in [3.63, 3.8) is 0 Å². The summed E-state index contributed by atoms with van der Waals surface area (Å²) in [6.45, 7) is 0. The fourth-order valence-corrected chi connectivity index (χ4v) is 8.47. The smallest absolute Gasteiger partial charge is 0.165 e. The zero-order valence-electron chi connectivity index (χ0n) is 23.5. The Kier molecular flexibility index (Phi) is 4.87. The zero-order valence-corrected chi connectivity index (χ0v) is 24.3. The highest BCUT2D eigenvalue weighted by Gasteiger charge is 2.24. The largest absolute Gasteiger partial charge is 0.291 e. The maximum Gasteiger partial charge on any atom is 0.165 e. The van der Waals surface area contributed by atoms with E-state index in [1.807, 2.05) is 35.6 Å². The molecule has 44 heavy (non-hydrogen) atoms. The molecule has 0 saturated carbocycles. The third kappa shape index (κ3) is 3.20. The van der Waals surface area contributed by atoms with E-state index < -0.39 is 0 Å². The van der Waals surface area contributed by atoms with Crippen LogP contribution in [0.25, 0.3) is 91.6 Å². The van der Waals surface area contributed by atoms with Gasteiger partial charge >= 0.3 is 0 Å². The lowest BCUT2D eigenvalue weighted by molar-refractivity contribution is 1.08. The van der Waals surface area contributed by atoms with Crippen LogP contribution in [0.1, 0.15) is 0 Å². The van der Waals surface area contributed by atoms with Crippen LogP contribution in [-0.4, -0.2) is 14.5 Å². The van der Waals surface area contributed by atoms with Crippen LogP contribution in [-0.2, 0) is 0 Å². The van der Waals surface area contributed by atoms with Crippen molar-refractivity contribution >= 4 is 85.9 Å². The Labute approximate surface area is 256 Å². The molecule has 0 aliphatic carbocycles. The van der Waals surface area contributed by atoms with Crippen molar-refractivity contribution in [2.45, 2.75) is 0 Å². The van der Waals surface area contributed by atoms with Crippen LogP contribution in [0, 0.1) is 0 Å². The van der Waals surface area contributed by atoms with Gasteiger partial charge in [-0.1, -0.05) is 121 Å². The van der Waals surface area contributed by atoms with Gasteiger partial charge in [-0.05, 0) is 34.4 Å². The van der Waals surface area contributed by atoms with Gasteiger partial charge in [0.1, 0.15) is 5.69 Å². The first-order valence-corrected chi connectivity index (χ1v) is 15.7. The summed E-state index contributed by atoms with van der Waals surface area (Å²) in [5.74, 6) is 0.845. The Morgan fingerprint density at radius 1 is 0.455 bits per heavy atom. The summed E-state index contributed by atoms with van der Waals surface area (Å²) in [5, 5.41) is 10.2. The van der Waals surface area contributed by atoms with Crippen molar-refractivity contribution in [1.29, 1.82) is 0 Å². The summed E-state index contributed by atoms with van der Waals surface area (Å²) in [6.07, 6.45) is 0. The van der Waals surface area contributed by atoms with Gasteiger partial charge in [-0.2, -0.15) is 0 Å². The van der Waals surface area contributed by atoms with Crippen LogP contribution in [0.5, 0.6) is 0 Å². The highest BCUT2D eigenvalue weighted by Crippen LogP contribution is 2.49. The average Bonchev–Trinajstić information content (AvgIpc) is 3.65. The SMILES string of the molecule is c1ccc(-c2nc3ccccc3nc2-n2c3ccccc3c3c4sc5c6ccccc6ccc5c4c4ccccc4c32)cc1. The van der Waals surface area contributed by atoms with Gasteiger partial charge in [0.2, 0.25) is 0 Å². The summed E-state index contributed by atoms with van der Waals surface area (Å²) in [7, 11) is 0. The second-order valence-corrected chi connectivity index (χ2v) is 12.4. The zero-order chi connectivity index (χ0) is 28.8. The van der Waals surface area contributed by atoms with E-state index in [9.17, 15) is 0 Å². The second kappa shape index (κ2) is 8.96. The van der Waals surface area contributed by atoms with Gasteiger partial charge in [-0.15, -0.1) is 11.3 Å². The molecule has 0 aliphatic rings. The summed E-state index contributed by atoms with van der Waals surface area (Å²) < 4.78 is 5.02. The molecular weight excluding hydrogens is 555 g/mol. The third-order valence-electron chi connectivity index (χ3n) is 8.94. The van der Waals surface area contributed by atoms with E-state index in [4.69, 9.17) is 9.97 Å². The van der Waals surface area contributed by atoms with Gasteiger partial charge in [0, 0.05) is 41.9 Å². The van der Waals surface area contributed by atoms with Crippen LogP contribution < -0.4 is 0 Å². The van der Waals surface area contributed by atoms with Crippen LogP contribution in [0.15, 0.2) is 140 Å². The van der Waals surface area contributed by atoms with Crippen molar-refractivity contribution in [1.82, 2.24) is 14.5 Å². The highest BCUT2D eigenvalue weighted by molar-refractivity contribution is 7.28. The van der Waals surface area contributed by atoms with Gasteiger partial charge in [0.05, 0.1) is 22.1 Å². The molecule has 0 atom stereocenters. The van der Waals surface area contributed by atoms with Gasteiger partial charge in [0.25, 0.3) is 0 Å². The third-order valence-corrected chi connectivity index (χ3v) is 10.2. The van der Waals surface area contributed by atoms with Gasteiger partial charge in [0.15, 0.2) is 5.82 Å². The lowest BCUT2D eigenvalue weighted by atomic mass is 9.98. The van der Waals surface area contributed by atoms with Crippen LogP contribution in [0.2, 0.25) is 0 Å². The minimum atomic E-state index is 0.845. The Balaban J connectivity index is 1.47. The quantitative estimate of drug-likeness (QED) is 0.205. The first kappa shape index (κ1) is 23.9. The van der Waals surface area contributed by atoms with Crippen LogP contribution in [0.4, 0.5) is 0 Å². The van der Waals surface area contributed by atoms with Gasteiger partial charge < -0.3 is 0 Å². The molecule has 0 aliphatic heterocycles. The molecule has 0 radical (unpaired) electrons. The minimum Gasteiger partial charge on any atom is -0.291 e. The number of nitrogens with zero attached hydrogens (tertiary/aromatic N) is 3. The highest BCUT2D eigenvalue weighted by atomic mass is 32.1. The lowest BCUT2D eigenvalue weighted by Crippen LogP contribution is -2.04. The van der Waals surface area contributed by atoms with E-state index in [2.05, 4.69) is 120 Å². The maximum atomic E-state index is 5.37. The number of thiophene rings is 1. The van der Waals surface area contributed by atoms with E-state index in [1.165, 1.54) is 58.0 Å². The molecule has 3 nitrogen and oxygen atoms in total. The molecule has 0 saturated heterocycles. The number of hydrogen-bond donors (Lipinski definition) is 0. The molecule has 0 N–H and O–H groups in total. The van der Waals surface area contributed by atoms with E-state index in [0.29, 0.717) is 0 Å². The van der Waals surface area contributed by atoms with Gasteiger partial charge in [-0.3, -0.25) is 4.57 Å². The number of fused-ring (bicyclic) bond motifs is 13. The van der Waals surface area contributed by atoms with Crippen LogP contribution in [0.3, 0.4) is 0 Å². The molecule has 0 bridgehead atoms. The molecule has 10 aromatic rings. The fourth-order valence-electron chi connectivity index (χ4n) is 7.06. The topological polar surface area (TPSA) is 30.7 Å². The molecule has 0 fully saturated rings. The normalized spacial score (nSPS) is 12.1. The van der Waals surface area contributed by atoms with Crippen molar-refractivity contribution in [2.24, 2.45) is 0 Å². The summed E-state index contributed by atoms with van der Waals surface area (Å²) in [4.78, 5) is 10.6. The Hall–Kier alpha value is -5.58. The maximum absolute atomic E-state index is 5.37. The van der Waals surface area contributed by atoms with Crippen molar-refractivity contribution in [3.05, 3.63) is 140 Å². The summed E-state index contributed by atoms with van der Waals surface area (Å²) in [6, 6.07) is 49.6. The molecule has 0 unspecified atom stereocenters. The predicted octanol–water partition coefficient (Wildman–Crippen LogP) is 11.1. The van der Waals surface area contributed by atoms with E-state index in [-0.39, 0.29) is 0 Å². The first-order chi connectivity index (χ1) is 21.8. The minimum absolute atomic E-state index is 0.845. The number of hydrogen-bond acceptors (Lipinski definition) is 3. The molecule has 3 aromatic heterocycles. The lowest BCUT2D eigenvalue weighted by Gasteiger charge is -2.15. The Morgan fingerprint density at radius 3 is 1.95 bits per heavy atom. The Bertz CT molecular complexity index is 2770. The van der Waals surface area contributed by atoms with E-state index in [0.717, 1.165) is 33.6 Å². The van der Waals surface area contributed by atoms with Crippen molar-refractivity contribution in [2.75, 3.05) is 0 Å². The van der Waals surface area contributed by atoms with Crippen molar-refractivity contribution in [3.8, 4) is 17.1 Å². The Morgan fingerprint density at radius 2 is 1.11 bits per heavy atom. The second-order valence-electron chi connectivity index (χ2n) is 11.3. The first-order valence-electron chi connectivity index (χ1n) is 14.9. The monoisotopic (exact) mass is 577 g/mol. The number of benzene rings is 7. The molecular formula is C40H23N3S. The van der Waals surface area contributed by atoms with Crippen LogP contribution >= 0.6 is 11.3 Å². The molecule has 7 aromatic carbocycles. The standard InChI is InChI=1S/C40H23N3S/c1-2-13-25(14-3-1)36-40(42-32-20-10-9-19-31(32)41-36)43-33-21-11-8-18-29(33)35-37(43)28-17-7-6-16-27(28)34-30-23-22-24-12-4-5-15-26(24)38(30)44-39(34)35/h1-23H. The molecule has 4 heteroatoms. The number of rotatable bonds is 2. The van der Waals surface area contributed by atoms with E-state index >= 15 is 0 Å². The molecule has 0 amide bonds. The summed E-state index contributed by atoms with van der Waals surface area (Å²) in [5.41, 5.74) is 5.99. The van der Waals surface area contributed by atoms with E-state index in [1.54, 1.807) is 0 Å². The molecule has 0 spiro atoms. The number of para-hydroxylation sites is 3.